The van der Waals surface area contributed by atoms with Gasteiger partial charge in [-0.2, -0.15) is 5.10 Å². The Balaban J connectivity index is 2.24. The Hall–Kier alpha value is -1.67. The summed E-state index contributed by atoms with van der Waals surface area (Å²) in [6.07, 6.45) is 1.44. The zero-order chi connectivity index (χ0) is 14.5. The van der Waals surface area contributed by atoms with Crippen molar-refractivity contribution in [2.45, 2.75) is 0 Å². The lowest BCUT2D eigenvalue weighted by atomic mass is 10.1. The molecule has 1 aromatic carbocycles. The van der Waals surface area contributed by atoms with Gasteiger partial charge in [0, 0.05) is 10.0 Å². The Bertz CT molecular complexity index is 616. The third kappa shape index (κ3) is 3.45. The van der Waals surface area contributed by atoms with Crippen molar-refractivity contribution in [2.24, 2.45) is 10.2 Å². The molecule has 0 aliphatic carbocycles. The van der Waals surface area contributed by atoms with Gasteiger partial charge in [-0.15, -0.1) is 5.10 Å². The van der Waals surface area contributed by atoms with Crippen molar-refractivity contribution in [3.63, 3.8) is 0 Å². The monoisotopic (exact) mass is 355 g/mol. The second kappa shape index (κ2) is 6.67. The minimum atomic E-state index is -0.455. The Morgan fingerprint density at radius 2 is 2.35 bits per heavy atom. The average molecular weight is 356 g/mol. The Labute approximate surface area is 127 Å². The van der Waals surface area contributed by atoms with Gasteiger partial charge < -0.3 is 10.1 Å². The molecule has 1 saturated heterocycles. The quantitative estimate of drug-likeness (QED) is 0.509. The van der Waals surface area contributed by atoms with E-state index in [1.54, 1.807) is 18.2 Å². The van der Waals surface area contributed by atoms with Crippen LogP contribution in [0.1, 0.15) is 15.9 Å². The molecule has 0 radical (unpaired) electrons. The number of nitrogens with one attached hydrogen (secondary N) is 1. The second-order valence-corrected chi connectivity index (χ2v) is 5.50. The van der Waals surface area contributed by atoms with E-state index in [-0.39, 0.29) is 5.91 Å². The maximum atomic E-state index is 11.6. The van der Waals surface area contributed by atoms with E-state index >= 15 is 0 Å². The van der Waals surface area contributed by atoms with Crippen LogP contribution < -0.4 is 5.32 Å². The lowest BCUT2D eigenvalue weighted by Crippen LogP contribution is -2.19. The number of ether oxygens (including phenoxy) is 1. The molecule has 1 aliphatic heterocycles. The number of nitrogens with zero attached hydrogens (tertiary/aromatic N) is 2. The number of rotatable bonds is 3. The largest absolute Gasteiger partial charge is 0.465 e. The minimum absolute atomic E-state index is 0.0971. The van der Waals surface area contributed by atoms with Crippen LogP contribution in [0.2, 0.25) is 0 Å². The van der Waals surface area contributed by atoms with Gasteiger partial charge in [-0.05, 0) is 12.1 Å². The lowest BCUT2D eigenvalue weighted by molar-refractivity contribution is -0.116. The van der Waals surface area contributed by atoms with E-state index in [1.165, 1.54) is 25.1 Å². The van der Waals surface area contributed by atoms with Crippen LogP contribution in [0.15, 0.2) is 32.9 Å². The van der Waals surface area contributed by atoms with Crippen LogP contribution in [0.3, 0.4) is 0 Å². The van der Waals surface area contributed by atoms with Crippen LogP contribution in [0, 0.1) is 0 Å². The molecule has 104 valence electrons. The number of halogens is 1. The second-order valence-electron chi connectivity index (χ2n) is 3.68. The smallest absolute Gasteiger partial charge is 0.338 e. The van der Waals surface area contributed by atoms with Gasteiger partial charge in [0.1, 0.15) is 0 Å². The highest BCUT2D eigenvalue weighted by Gasteiger charge is 2.16. The molecule has 1 aromatic rings. The Morgan fingerprint density at radius 1 is 1.55 bits per heavy atom. The number of carbonyl (C=O) groups is 2. The molecule has 0 atom stereocenters. The highest BCUT2D eigenvalue weighted by molar-refractivity contribution is 9.10. The van der Waals surface area contributed by atoms with Crippen LogP contribution >= 0.6 is 27.7 Å². The summed E-state index contributed by atoms with van der Waals surface area (Å²) in [5, 5.41) is 10.8. The number of benzene rings is 1. The molecule has 0 aromatic heterocycles. The Morgan fingerprint density at radius 3 is 3.00 bits per heavy atom. The molecule has 0 unspecified atom stereocenters. The molecule has 8 heteroatoms. The van der Waals surface area contributed by atoms with Crippen molar-refractivity contribution in [2.75, 3.05) is 12.9 Å². The highest BCUT2D eigenvalue weighted by Crippen LogP contribution is 2.20. The van der Waals surface area contributed by atoms with Gasteiger partial charge in [-0.1, -0.05) is 33.8 Å². The molecule has 1 aliphatic rings. The fourth-order valence-electron chi connectivity index (χ4n) is 1.47. The van der Waals surface area contributed by atoms with Crippen molar-refractivity contribution in [3.05, 3.63) is 33.8 Å². The van der Waals surface area contributed by atoms with E-state index in [0.717, 1.165) is 0 Å². The first kappa shape index (κ1) is 14.7. The normalized spacial score (nSPS) is 16.7. The number of esters is 1. The zero-order valence-corrected chi connectivity index (χ0v) is 12.8. The third-order valence-corrected chi connectivity index (χ3v) is 3.94. The number of carbonyl (C=O) groups excluding carboxylic acids is 2. The summed E-state index contributed by atoms with van der Waals surface area (Å²) >= 11 is 4.62. The molecular formula is C12H10BrN3O3S. The predicted octanol–water partition coefficient (Wildman–Crippen LogP) is 1.79. The van der Waals surface area contributed by atoms with E-state index in [4.69, 9.17) is 4.74 Å². The van der Waals surface area contributed by atoms with Crippen molar-refractivity contribution in [3.8, 4) is 0 Å². The molecule has 0 bridgehead atoms. The molecule has 1 fully saturated rings. The van der Waals surface area contributed by atoms with Gasteiger partial charge in [0.15, 0.2) is 5.17 Å². The fourth-order valence-corrected chi connectivity index (χ4v) is 2.57. The van der Waals surface area contributed by atoms with E-state index in [1.807, 2.05) is 0 Å². The molecule has 1 amide bonds. The molecule has 0 spiro atoms. The molecular weight excluding hydrogens is 346 g/mol. The standard InChI is InChI=1S/C12H10BrN3O3S/c1-19-11(18)7-3-2-4-9(13)8(7)5-14-16-12-15-10(17)6-20-12/h2-5H,6H2,1H3,(H,15,16,17). The third-order valence-electron chi connectivity index (χ3n) is 2.38. The molecule has 1 heterocycles. The van der Waals surface area contributed by atoms with Crippen molar-refractivity contribution >= 4 is 51.0 Å². The maximum absolute atomic E-state index is 11.6. The number of methoxy groups -OCH3 is 1. The zero-order valence-electron chi connectivity index (χ0n) is 10.4. The minimum Gasteiger partial charge on any atom is -0.465 e. The summed E-state index contributed by atoms with van der Waals surface area (Å²) < 4.78 is 5.41. The van der Waals surface area contributed by atoms with Gasteiger partial charge in [0.2, 0.25) is 5.91 Å². The number of thioether (sulfide) groups is 1. The molecule has 6 nitrogen and oxygen atoms in total. The summed E-state index contributed by atoms with van der Waals surface area (Å²) in [6, 6.07) is 5.15. The number of hydrogen-bond acceptors (Lipinski definition) is 6. The number of amidine groups is 1. The van der Waals surface area contributed by atoms with Crippen molar-refractivity contribution in [1.82, 2.24) is 5.32 Å². The predicted molar refractivity (Wildman–Crippen MR) is 81.1 cm³/mol. The van der Waals surface area contributed by atoms with E-state index in [0.29, 0.717) is 26.5 Å². The first-order valence-corrected chi connectivity index (χ1v) is 7.30. The van der Waals surface area contributed by atoms with E-state index in [2.05, 4.69) is 31.4 Å². The Kier molecular flexibility index (Phi) is 4.91. The lowest BCUT2D eigenvalue weighted by Gasteiger charge is -2.04. The van der Waals surface area contributed by atoms with Gasteiger partial charge >= 0.3 is 5.97 Å². The average Bonchev–Trinajstić information content (AvgIpc) is 2.85. The van der Waals surface area contributed by atoms with Gasteiger partial charge in [0.05, 0.1) is 24.6 Å². The summed E-state index contributed by atoms with van der Waals surface area (Å²) in [4.78, 5) is 22.6. The summed E-state index contributed by atoms with van der Waals surface area (Å²) in [5.41, 5.74) is 0.951. The molecule has 2 rings (SSSR count). The summed E-state index contributed by atoms with van der Waals surface area (Å²) in [5.74, 6) is -0.208. The van der Waals surface area contributed by atoms with Crippen LogP contribution in [0.4, 0.5) is 0 Å². The summed E-state index contributed by atoms with van der Waals surface area (Å²) in [6.45, 7) is 0. The van der Waals surface area contributed by atoms with Gasteiger partial charge in [-0.3, -0.25) is 4.79 Å². The highest BCUT2D eigenvalue weighted by atomic mass is 79.9. The maximum Gasteiger partial charge on any atom is 0.338 e. The van der Waals surface area contributed by atoms with Crippen LogP contribution in [0.5, 0.6) is 0 Å². The van der Waals surface area contributed by atoms with Crippen molar-refractivity contribution < 1.29 is 14.3 Å². The first-order chi connectivity index (χ1) is 9.61. The van der Waals surface area contributed by atoms with E-state index in [9.17, 15) is 9.59 Å². The number of amides is 1. The van der Waals surface area contributed by atoms with Gasteiger partial charge in [-0.25, -0.2) is 4.79 Å². The topological polar surface area (TPSA) is 80.1 Å². The van der Waals surface area contributed by atoms with E-state index < -0.39 is 5.97 Å². The number of hydrogen-bond donors (Lipinski definition) is 1. The van der Waals surface area contributed by atoms with Crippen molar-refractivity contribution in [1.29, 1.82) is 0 Å². The molecule has 20 heavy (non-hydrogen) atoms. The van der Waals surface area contributed by atoms with Crippen LogP contribution in [-0.4, -0.2) is 36.1 Å². The molecule has 1 N–H and O–H groups in total. The SMILES string of the molecule is COC(=O)c1cccc(Br)c1C=NN=C1NC(=O)CS1. The summed E-state index contributed by atoms with van der Waals surface area (Å²) in [7, 11) is 1.31. The molecule has 0 saturated carbocycles. The van der Waals surface area contributed by atoms with Gasteiger partial charge in [0.25, 0.3) is 0 Å². The fraction of sp³-hybridized carbons (Fsp3) is 0.167. The first-order valence-electron chi connectivity index (χ1n) is 5.52. The van der Waals surface area contributed by atoms with Crippen LogP contribution in [0.25, 0.3) is 0 Å². The van der Waals surface area contributed by atoms with Crippen LogP contribution in [-0.2, 0) is 9.53 Å².